The molecule has 7 nitrogen and oxygen atoms in total. The number of rotatable bonds is 5. The number of hydrogen-bond donors (Lipinski definition) is 3. The lowest BCUT2D eigenvalue weighted by Crippen LogP contribution is -2.44. The van der Waals surface area contributed by atoms with Crippen LogP contribution in [0.5, 0.6) is 17.2 Å². The van der Waals surface area contributed by atoms with Gasteiger partial charge in [0.1, 0.15) is 5.56 Å². The molecule has 0 spiro atoms. The second-order valence-electron chi connectivity index (χ2n) is 9.58. The topological polar surface area (TPSA) is 121 Å². The van der Waals surface area contributed by atoms with Gasteiger partial charge in [-0.1, -0.05) is 45.8 Å². The Morgan fingerprint density at radius 2 is 1.93 bits per heavy atom. The molecule has 3 atom stereocenters. The largest absolute Gasteiger partial charge is 0.504 e. The summed E-state index contributed by atoms with van der Waals surface area (Å²) in [6, 6.07) is 1.22. The molecule has 1 fully saturated rings. The molecule has 2 aliphatic carbocycles. The zero-order valence-electron chi connectivity index (χ0n) is 17.8. The molecular formula is C22H30O7S. The number of allylic oxidation sites excluding steroid dienone is 2. The minimum Gasteiger partial charge on any atom is -0.504 e. The predicted octanol–water partition coefficient (Wildman–Crippen LogP) is 4.43. The van der Waals surface area contributed by atoms with E-state index in [0.717, 1.165) is 25.7 Å². The molecule has 1 aromatic carbocycles. The van der Waals surface area contributed by atoms with E-state index < -0.39 is 33.2 Å². The van der Waals surface area contributed by atoms with Gasteiger partial charge < -0.3 is 14.4 Å². The van der Waals surface area contributed by atoms with Crippen molar-refractivity contribution in [2.75, 3.05) is 0 Å². The van der Waals surface area contributed by atoms with Crippen LogP contribution in [0.1, 0.15) is 69.3 Å². The fourth-order valence-electron chi connectivity index (χ4n) is 5.41. The molecule has 3 unspecified atom stereocenters. The smallest absolute Gasteiger partial charge is 0.446 e. The molecule has 30 heavy (non-hydrogen) atoms. The van der Waals surface area contributed by atoms with Crippen LogP contribution in [0.15, 0.2) is 17.7 Å². The molecule has 0 aromatic heterocycles. The van der Waals surface area contributed by atoms with Gasteiger partial charge in [-0.25, -0.2) is 0 Å². The van der Waals surface area contributed by atoms with Crippen molar-refractivity contribution in [1.29, 1.82) is 0 Å². The Bertz CT molecular complexity index is 993. The highest BCUT2D eigenvalue weighted by atomic mass is 32.3. The summed E-state index contributed by atoms with van der Waals surface area (Å²) in [6.45, 7) is 8.76. The summed E-state index contributed by atoms with van der Waals surface area (Å²) in [5, 5.41) is 20.2. The predicted molar refractivity (Wildman–Crippen MR) is 112 cm³/mol. The van der Waals surface area contributed by atoms with Gasteiger partial charge in [-0.2, -0.15) is 8.42 Å². The van der Waals surface area contributed by atoms with E-state index in [1.165, 1.54) is 11.6 Å². The molecule has 3 rings (SSSR count). The summed E-state index contributed by atoms with van der Waals surface area (Å²) >= 11 is 0. The number of benzene rings is 1. The quantitative estimate of drug-likeness (QED) is 0.269. The molecule has 1 saturated carbocycles. The van der Waals surface area contributed by atoms with Crippen molar-refractivity contribution in [2.45, 2.75) is 59.8 Å². The zero-order chi connectivity index (χ0) is 22.5. The summed E-state index contributed by atoms with van der Waals surface area (Å²) < 4.78 is 36.8. The number of aldehydes is 1. The van der Waals surface area contributed by atoms with E-state index in [1.807, 2.05) is 0 Å². The second kappa shape index (κ2) is 7.57. The van der Waals surface area contributed by atoms with Gasteiger partial charge >= 0.3 is 10.4 Å². The van der Waals surface area contributed by atoms with Crippen molar-refractivity contribution in [2.24, 2.45) is 22.7 Å². The maximum absolute atomic E-state index is 11.6. The van der Waals surface area contributed by atoms with Gasteiger partial charge in [-0.3, -0.25) is 9.35 Å². The molecule has 0 heterocycles. The van der Waals surface area contributed by atoms with Crippen LogP contribution >= 0.6 is 0 Å². The summed E-state index contributed by atoms with van der Waals surface area (Å²) in [6.07, 6.45) is 6.89. The van der Waals surface area contributed by atoms with Crippen molar-refractivity contribution >= 4 is 16.7 Å². The van der Waals surface area contributed by atoms with Crippen molar-refractivity contribution < 1.29 is 32.2 Å². The molecule has 0 radical (unpaired) electrons. The third-order valence-corrected chi connectivity index (χ3v) is 7.66. The van der Waals surface area contributed by atoms with E-state index in [0.29, 0.717) is 6.42 Å². The molecular weight excluding hydrogens is 408 g/mol. The summed E-state index contributed by atoms with van der Waals surface area (Å²) in [4.78, 5) is 11.6. The van der Waals surface area contributed by atoms with Gasteiger partial charge in [0.05, 0.1) is 0 Å². The summed E-state index contributed by atoms with van der Waals surface area (Å²) in [7, 11) is -4.94. The Kier molecular flexibility index (Phi) is 5.71. The molecule has 0 bridgehead atoms. The molecule has 1 aromatic rings. The number of phenols is 2. The minimum atomic E-state index is -4.94. The van der Waals surface area contributed by atoms with Crippen LogP contribution in [0.2, 0.25) is 0 Å². The number of aromatic hydroxyl groups is 2. The lowest BCUT2D eigenvalue weighted by molar-refractivity contribution is 0.0666. The number of hydrogen-bond acceptors (Lipinski definition) is 6. The third-order valence-electron chi connectivity index (χ3n) is 7.29. The van der Waals surface area contributed by atoms with Gasteiger partial charge in [0.2, 0.25) is 0 Å². The molecule has 0 aliphatic heterocycles. The highest BCUT2D eigenvalue weighted by Gasteiger charge is 2.48. The molecule has 166 valence electrons. The van der Waals surface area contributed by atoms with E-state index in [2.05, 4.69) is 33.8 Å². The maximum Gasteiger partial charge on any atom is 0.446 e. The Morgan fingerprint density at radius 3 is 2.53 bits per heavy atom. The van der Waals surface area contributed by atoms with E-state index in [9.17, 15) is 28.0 Å². The van der Waals surface area contributed by atoms with Gasteiger partial charge in [-0.15, -0.1) is 0 Å². The SMILES string of the molecule is CC1CC=C2C(CCCC2(C)C)C1(C)Cc1cc(O)c(O)c(C=O)c1OS(=O)(=O)O. The van der Waals surface area contributed by atoms with Gasteiger partial charge in [-0.05, 0) is 54.4 Å². The third kappa shape index (κ3) is 3.95. The van der Waals surface area contributed by atoms with E-state index in [1.54, 1.807) is 0 Å². The normalized spacial score (nSPS) is 28.4. The van der Waals surface area contributed by atoms with E-state index >= 15 is 0 Å². The molecule has 2 aliphatic rings. The molecule has 0 saturated heterocycles. The zero-order valence-corrected chi connectivity index (χ0v) is 18.6. The standard InChI is InChI=1S/C22H30O7S/c1-13-7-8-16-17(6-5-9-21(16,2)3)22(13,4)11-14-10-18(24)19(25)15(12-23)20(14)29-30(26,27)28/h8,10,12-13,17,24-25H,5-7,9,11H2,1-4H3,(H,26,27,28). The lowest BCUT2D eigenvalue weighted by atomic mass is 9.51. The van der Waals surface area contributed by atoms with Crippen molar-refractivity contribution in [3.8, 4) is 17.2 Å². The van der Waals surface area contributed by atoms with Crippen LogP contribution in [0.3, 0.4) is 0 Å². The summed E-state index contributed by atoms with van der Waals surface area (Å²) in [5.41, 5.74) is 0.912. The number of fused-ring (bicyclic) bond motifs is 1. The summed E-state index contributed by atoms with van der Waals surface area (Å²) in [5.74, 6) is -1.27. The van der Waals surface area contributed by atoms with Crippen molar-refractivity contribution in [3.63, 3.8) is 0 Å². The van der Waals surface area contributed by atoms with E-state index in [-0.39, 0.29) is 34.5 Å². The van der Waals surface area contributed by atoms with Crippen molar-refractivity contribution in [1.82, 2.24) is 0 Å². The fraction of sp³-hybridized carbons (Fsp3) is 0.591. The second-order valence-corrected chi connectivity index (χ2v) is 10.6. The number of carbonyl (C=O) groups is 1. The van der Waals surface area contributed by atoms with Crippen LogP contribution in [0.25, 0.3) is 0 Å². The maximum atomic E-state index is 11.6. The van der Waals surface area contributed by atoms with Crippen LogP contribution in [0, 0.1) is 22.7 Å². The number of phenolic OH excluding ortho intramolecular Hbond substituents is 2. The first kappa shape index (κ1) is 22.6. The Hall–Kier alpha value is -2.06. The first-order valence-electron chi connectivity index (χ1n) is 10.2. The first-order valence-corrected chi connectivity index (χ1v) is 11.6. The van der Waals surface area contributed by atoms with Crippen LogP contribution in [0.4, 0.5) is 0 Å². The Morgan fingerprint density at radius 1 is 1.27 bits per heavy atom. The lowest BCUT2D eigenvalue weighted by Gasteiger charge is -2.53. The van der Waals surface area contributed by atoms with Crippen molar-refractivity contribution in [3.05, 3.63) is 28.8 Å². The Labute approximate surface area is 177 Å². The van der Waals surface area contributed by atoms with Crippen LogP contribution < -0.4 is 4.18 Å². The monoisotopic (exact) mass is 438 g/mol. The molecule has 0 amide bonds. The number of carbonyl (C=O) groups excluding carboxylic acids is 1. The van der Waals surface area contributed by atoms with Gasteiger partial charge in [0, 0.05) is 5.56 Å². The highest BCUT2D eigenvalue weighted by Crippen LogP contribution is 2.58. The van der Waals surface area contributed by atoms with Crippen LogP contribution in [-0.2, 0) is 16.8 Å². The minimum absolute atomic E-state index is 0.0726. The van der Waals surface area contributed by atoms with Gasteiger partial charge in [0.15, 0.2) is 23.5 Å². The van der Waals surface area contributed by atoms with E-state index in [4.69, 9.17) is 4.18 Å². The highest BCUT2D eigenvalue weighted by molar-refractivity contribution is 7.81. The average molecular weight is 439 g/mol. The van der Waals surface area contributed by atoms with Crippen LogP contribution in [-0.4, -0.2) is 29.5 Å². The average Bonchev–Trinajstić information content (AvgIpc) is 2.62. The molecule has 3 N–H and O–H groups in total. The van der Waals surface area contributed by atoms with Gasteiger partial charge in [0.25, 0.3) is 0 Å². The fourth-order valence-corrected chi connectivity index (χ4v) is 5.82. The first-order chi connectivity index (χ1) is 13.8. The molecule has 8 heteroatoms. The Balaban J connectivity index is 2.13.